The summed E-state index contributed by atoms with van der Waals surface area (Å²) in [7, 11) is -4.67. The van der Waals surface area contributed by atoms with Crippen LogP contribution in [0.4, 0.5) is 0 Å². The third-order valence-electron chi connectivity index (χ3n) is 7.28. The van der Waals surface area contributed by atoms with Gasteiger partial charge in [0.25, 0.3) is 0 Å². The van der Waals surface area contributed by atoms with Gasteiger partial charge in [-0.25, -0.2) is 0 Å². The first-order valence-corrected chi connectivity index (χ1v) is 18.1. The third-order valence-corrected chi connectivity index (χ3v) is 7.28. The van der Waals surface area contributed by atoms with Gasteiger partial charge in [-0.15, -0.1) is 0 Å². The van der Waals surface area contributed by atoms with Crippen molar-refractivity contribution in [3.63, 3.8) is 0 Å². The molecule has 0 rings (SSSR count). The zero-order valence-electron chi connectivity index (χ0n) is 25.7. The molecule has 0 saturated carbocycles. The number of ether oxygens (including phenoxy) is 1. The fourth-order valence-electron chi connectivity index (χ4n) is 4.90. The van der Waals surface area contributed by atoms with E-state index in [1.165, 1.54) is 180 Å². The zero-order valence-corrected chi connectivity index (χ0v) is 26.6. The second-order valence-corrected chi connectivity index (χ2v) is 12.1. The molecule has 2 N–H and O–H groups in total. The van der Waals surface area contributed by atoms with Crippen LogP contribution in [0.25, 0.3) is 0 Å². The Bertz CT molecular complexity index is 479. The van der Waals surface area contributed by atoms with Crippen LogP contribution in [0.3, 0.4) is 0 Å². The molecule has 0 aromatic carbocycles. The van der Waals surface area contributed by atoms with E-state index in [0.29, 0.717) is 0 Å². The summed E-state index contributed by atoms with van der Waals surface area (Å²) in [4.78, 5) is 0. The molecular formula is C32H69KO5S. The molecule has 5 nitrogen and oxygen atoms in total. The SMILES string of the molecule is CCCCCCCCCCCCCCCCOCCCCCCCCCCCCCCCC.O=S(=O)(O)O.[KH]. The van der Waals surface area contributed by atoms with E-state index < -0.39 is 10.4 Å². The Hall–Kier alpha value is 1.47. The summed E-state index contributed by atoms with van der Waals surface area (Å²) in [5.41, 5.74) is 0. The molecule has 0 radical (unpaired) electrons. The standard InChI is InChI=1S/C32H66O.K.H2O4S.H/c1-3-5-7-9-11-13-15-17-19-21-23-25-27-29-31-33-32-30-28-26-24-22-20-18-16-14-12-10-8-6-4-2;;1-5(2,3)4;/h3-32H2,1-2H3;;(H2,1,2,3,4);. The molecule has 0 unspecified atom stereocenters. The molecule has 0 atom stereocenters. The summed E-state index contributed by atoms with van der Waals surface area (Å²) in [5.74, 6) is 0. The second kappa shape index (κ2) is 39.5. The molecule has 0 aliphatic carbocycles. The molecule has 7 heteroatoms. The summed E-state index contributed by atoms with van der Waals surface area (Å²) >= 11 is 0. The maximum absolute atomic E-state index is 8.74. The van der Waals surface area contributed by atoms with Crippen LogP contribution in [0.2, 0.25) is 0 Å². The van der Waals surface area contributed by atoms with E-state index in [4.69, 9.17) is 22.3 Å². The molecule has 0 aliphatic rings. The van der Waals surface area contributed by atoms with Crippen molar-refractivity contribution >= 4 is 61.8 Å². The maximum atomic E-state index is 8.74. The van der Waals surface area contributed by atoms with Crippen molar-refractivity contribution in [2.75, 3.05) is 13.2 Å². The normalized spacial score (nSPS) is 11.2. The Morgan fingerprint density at radius 3 is 0.718 bits per heavy atom. The van der Waals surface area contributed by atoms with Crippen LogP contribution in [0.5, 0.6) is 0 Å². The van der Waals surface area contributed by atoms with Crippen LogP contribution >= 0.6 is 0 Å². The number of unbranched alkanes of at least 4 members (excludes halogenated alkanes) is 26. The van der Waals surface area contributed by atoms with Gasteiger partial charge in [-0.05, 0) is 12.8 Å². The van der Waals surface area contributed by atoms with Crippen molar-refractivity contribution in [1.29, 1.82) is 0 Å². The molecule has 0 aromatic heterocycles. The van der Waals surface area contributed by atoms with E-state index in [0.717, 1.165) is 13.2 Å². The van der Waals surface area contributed by atoms with Crippen molar-refractivity contribution in [2.45, 2.75) is 194 Å². The Morgan fingerprint density at radius 2 is 0.538 bits per heavy atom. The molecule has 0 bridgehead atoms. The number of hydrogen-bond acceptors (Lipinski definition) is 3. The minimum atomic E-state index is -4.67. The summed E-state index contributed by atoms with van der Waals surface area (Å²) in [6.07, 6.45) is 40.1. The van der Waals surface area contributed by atoms with Crippen LogP contribution in [0, 0.1) is 0 Å². The van der Waals surface area contributed by atoms with Gasteiger partial charge in [-0.2, -0.15) is 8.42 Å². The topological polar surface area (TPSA) is 83.8 Å². The van der Waals surface area contributed by atoms with Crippen LogP contribution in [-0.2, 0) is 15.1 Å². The van der Waals surface area contributed by atoms with Crippen LogP contribution in [0.1, 0.15) is 194 Å². The van der Waals surface area contributed by atoms with E-state index in [1.54, 1.807) is 0 Å². The van der Waals surface area contributed by atoms with Crippen molar-refractivity contribution < 1.29 is 22.3 Å². The molecule has 0 heterocycles. The summed E-state index contributed by atoms with van der Waals surface area (Å²) in [6.45, 7) is 6.59. The Labute approximate surface area is 288 Å². The van der Waals surface area contributed by atoms with Crippen molar-refractivity contribution in [3.8, 4) is 0 Å². The van der Waals surface area contributed by atoms with Gasteiger partial charge in [0.2, 0.25) is 0 Å². The van der Waals surface area contributed by atoms with Gasteiger partial charge in [-0.3, -0.25) is 9.11 Å². The van der Waals surface area contributed by atoms with E-state index >= 15 is 0 Å². The predicted octanol–water partition coefficient (Wildman–Crippen LogP) is 10.7. The summed E-state index contributed by atoms with van der Waals surface area (Å²) in [6, 6.07) is 0. The zero-order chi connectivity index (χ0) is 28.4. The number of rotatable bonds is 30. The average molecular weight is 605 g/mol. The molecular weight excluding hydrogens is 536 g/mol. The van der Waals surface area contributed by atoms with Gasteiger partial charge in [0.15, 0.2) is 0 Å². The first-order chi connectivity index (χ1) is 18.4. The molecule has 39 heavy (non-hydrogen) atoms. The molecule has 0 saturated heterocycles. The first-order valence-electron chi connectivity index (χ1n) is 16.7. The van der Waals surface area contributed by atoms with E-state index in [2.05, 4.69) is 13.8 Å². The average Bonchev–Trinajstić information content (AvgIpc) is 2.87. The van der Waals surface area contributed by atoms with Gasteiger partial charge < -0.3 is 4.74 Å². The summed E-state index contributed by atoms with van der Waals surface area (Å²) < 4.78 is 37.4. The van der Waals surface area contributed by atoms with Gasteiger partial charge in [0.1, 0.15) is 0 Å². The molecule has 0 aliphatic heterocycles. The van der Waals surface area contributed by atoms with Crippen LogP contribution in [-0.4, -0.2) is 82.1 Å². The van der Waals surface area contributed by atoms with Gasteiger partial charge in [0, 0.05) is 13.2 Å². The van der Waals surface area contributed by atoms with Crippen molar-refractivity contribution in [3.05, 3.63) is 0 Å². The van der Waals surface area contributed by atoms with Crippen molar-refractivity contribution in [1.82, 2.24) is 0 Å². The molecule has 0 fully saturated rings. The fourth-order valence-corrected chi connectivity index (χ4v) is 4.90. The van der Waals surface area contributed by atoms with Crippen molar-refractivity contribution in [2.24, 2.45) is 0 Å². The molecule has 0 amide bonds. The van der Waals surface area contributed by atoms with Crippen LogP contribution in [0.15, 0.2) is 0 Å². The number of hydrogen-bond donors (Lipinski definition) is 2. The summed E-state index contributed by atoms with van der Waals surface area (Å²) in [5, 5.41) is 0. The Morgan fingerprint density at radius 1 is 0.385 bits per heavy atom. The van der Waals surface area contributed by atoms with E-state index in [-0.39, 0.29) is 51.4 Å². The van der Waals surface area contributed by atoms with Crippen LogP contribution < -0.4 is 0 Å². The van der Waals surface area contributed by atoms with Gasteiger partial charge in [-0.1, -0.05) is 181 Å². The van der Waals surface area contributed by atoms with Gasteiger partial charge >= 0.3 is 61.8 Å². The first kappa shape index (κ1) is 44.9. The monoisotopic (exact) mass is 604 g/mol. The quantitative estimate of drug-likeness (QED) is 0.0484. The molecule has 234 valence electrons. The molecule has 0 spiro atoms. The predicted molar refractivity (Wildman–Crippen MR) is 173 cm³/mol. The minimum absolute atomic E-state index is 0. The third kappa shape index (κ3) is 56.0. The fraction of sp³-hybridized carbons (Fsp3) is 1.00. The van der Waals surface area contributed by atoms with Gasteiger partial charge in [0.05, 0.1) is 0 Å². The Kier molecular flexibility index (Phi) is 45.4. The van der Waals surface area contributed by atoms with E-state index in [9.17, 15) is 0 Å². The molecule has 0 aromatic rings. The van der Waals surface area contributed by atoms with E-state index in [1.807, 2.05) is 0 Å². The Balaban J connectivity index is -0.00000196. The second-order valence-electron chi connectivity index (χ2n) is 11.3.